The number of methoxy groups -OCH3 is 1. The Balaban J connectivity index is -0.0000000706. The quantitative estimate of drug-likeness (QED) is 0.540. The van der Waals surface area contributed by atoms with Crippen LogP contribution >= 0.6 is 0 Å². The molecule has 25 heavy (non-hydrogen) atoms. The number of hydrogen-bond donors (Lipinski definition) is 2. The summed E-state index contributed by atoms with van der Waals surface area (Å²) in [5.41, 5.74) is 0.176. The molecule has 0 rings (SSSR count). The number of esters is 2. The minimum atomic E-state index is -1.23. The lowest BCUT2D eigenvalue weighted by atomic mass is 10.4. The van der Waals surface area contributed by atoms with Gasteiger partial charge in [0.25, 0.3) is 0 Å². The lowest BCUT2D eigenvalue weighted by Gasteiger charge is -1.90. The van der Waals surface area contributed by atoms with Crippen LogP contribution in [0.3, 0.4) is 0 Å². The first kappa shape index (κ1) is 33.4. The topological polar surface area (TPSA) is 167 Å². The fourth-order valence-corrected chi connectivity index (χ4v) is 0.285. The van der Waals surface area contributed by atoms with Gasteiger partial charge in [-0.2, -0.15) is 0 Å². The smallest absolute Gasteiger partial charge is 0.330 e. The van der Waals surface area contributed by atoms with Crippen molar-refractivity contribution in [1.29, 1.82) is 0 Å². The average molecular weight is 361 g/mol. The predicted molar refractivity (Wildman–Crippen MR) is 92.7 cm³/mol. The number of carbonyl (C=O) groups is 4. The molecular formula is C16H27NO8. The number of carboxylic acid groups (broad SMARTS) is 2. The van der Waals surface area contributed by atoms with E-state index in [9.17, 15) is 14.4 Å². The molecule has 0 bridgehead atoms. The number of quaternary nitrogens is 1. The number of carbonyl (C=O) groups excluding carboxylic acids is 3. The summed E-state index contributed by atoms with van der Waals surface area (Å²) in [6.07, 6.45) is 2.98. The molecule has 9 nitrogen and oxygen atoms in total. The van der Waals surface area contributed by atoms with Crippen LogP contribution in [0.25, 0.3) is 0 Å². The summed E-state index contributed by atoms with van der Waals surface area (Å²) >= 11 is 0. The molecule has 0 saturated carbocycles. The zero-order valence-electron chi connectivity index (χ0n) is 15.1. The van der Waals surface area contributed by atoms with Gasteiger partial charge in [-0.05, 0) is 19.9 Å². The Kier molecular flexibility index (Phi) is 34.4. The van der Waals surface area contributed by atoms with E-state index < -0.39 is 17.9 Å². The summed E-state index contributed by atoms with van der Waals surface area (Å²) in [7, 11) is 1.31. The van der Waals surface area contributed by atoms with Crippen molar-refractivity contribution < 1.29 is 38.9 Å². The van der Waals surface area contributed by atoms with Gasteiger partial charge in [0.2, 0.25) is 0 Å². The van der Waals surface area contributed by atoms with E-state index in [0.717, 1.165) is 18.2 Å². The second-order valence-electron chi connectivity index (χ2n) is 3.29. The van der Waals surface area contributed by atoms with Crippen molar-refractivity contribution in [1.82, 2.24) is 6.15 Å². The maximum absolute atomic E-state index is 10.1. The third kappa shape index (κ3) is 52.8. The molecule has 5 N–H and O–H groups in total. The number of rotatable bonds is 5. The molecule has 0 amide bonds. The summed E-state index contributed by atoms with van der Waals surface area (Å²) in [5.74, 6) is -2.92. The van der Waals surface area contributed by atoms with Gasteiger partial charge < -0.3 is 30.6 Å². The van der Waals surface area contributed by atoms with Crippen LogP contribution in [0.4, 0.5) is 0 Å². The van der Waals surface area contributed by atoms with Crippen molar-refractivity contribution in [3.8, 4) is 0 Å². The van der Waals surface area contributed by atoms with Crippen LogP contribution in [-0.2, 0) is 28.7 Å². The van der Waals surface area contributed by atoms with E-state index in [0.29, 0.717) is 6.61 Å². The maximum atomic E-state index is 10.1. The summed E-state index contributed by atoms with van der Waals surface area (Å²) < 4.78 is 8.58. The number of aliphatic carboxylic acids is 2. The van der Waals surface area contributed by atoms with Gasteiger partial charge in [0, 0.05) is 17.7 Å². The molecule has 0 fully saturated rings. The highest BCUT2D eigenvalue weighted by Gasteiger charge is 1.90. The maximum Gasteiger partial charge on any atom is 0.330 e. The van der Waals surface area contributed by atoms with E-state index in [1.54, 1.807) is 6.92 Å². The van der Waals surface area contributed by atoms with Gasteiger partial charge in [0.15, 0.2) is 0 Å². The first-order valence-electron chi connectivity index (χ1n) is 6.25. The Morgan fingerprint density at radius 3 is 1.40 bits per heavy atom. The SMILES string of the molecule is C=C(C)C(=O)O.C=CC(=O)OC.C=CC(=O)OCC.C=CC(=O)[O-].[NH4+]. The van der Waals surface area contributed by atoms with Crippen LogP contribution in [-0.4, -0.2) is 42.7 Å². The molecule has 0 radical (unpaired) electrons. The van der Waals surface area contributed by atoms with Crippen molar-refractivity contribution in [2.45, 2.75) is 13.8 Å². The highest BCUT2D eigenvalue weighted by Crippen LogP contribution is 1.81. The van der Waals surface area contributed by atoms with Crippen LogP contribution in [0.2, 0.25) is 0 Å². The minimum Gasteiger partial charge on any atom is -0.545 e. The highest BCUT2D eigenvalue weighted by atomic mass is 16.5. The standard InChI is InChI=1S/C5H8O2.2C4H6O2.C3H4O2.H3N/c1-3-5(6)7-4-2;1-3-4(5)6-2;1-3(2)4(5)6;1-2-3(4)5;/h3H,1,4H2,2H3;3H,1H2,2H3;1H2,2H3,(H,5,6);2H,1H2,(H,4,5);1H3. The average Bonchev–Trinajstić information content (AvgIpc) is 2.55. The predicted octanol–water partition coefficient (Wildman–Crippen LogP) is 1.03. The van der Waals surface area contributed by atoms with Gasteiger partial charge >= 0.3 is 17.9 Å². The molecule has 0 aromatic heterocycles. The molecule has 0 atom stereocenters. The molecule has 144 valence electrons. The molecule has 9 heteroatoms. The van der Waals surface area contributed by atoms with E-state index in [4.69, 9.17) is 15.0 Å². The van der Waals surface area contributed by atoms with Crippen LogP contribution in [0.5, 0.6) is 0 Å². The van der Waals surface area contributed by atoms with Crippen molar-refractivity contribution in [2.24, 2.45) is 0 Å². The molecule has 0 unspecified atom stereocenters. The van der Waals surface area contributed by atoms with Gasteiger partial charge in [0.05, 0.1) is 19.7 Å². The third-order valence-electron chi connectivity index (χ3n) is 1.35. The normalized spacial score (nSPS) is 6.84. The summed E-state index contributed by atoms with van der Waals surface area (Å²) in [6.45, 7) is 16.0. The lowest BCUT2D eigenvalue weighted by molar-refractivity contribution is -0.297. The number of hydrogen-bond acceptors (Lipinski definition) is 7. The van der Waals surface area contributed by atoms with Crippen LogP contribution in [0.1, 0.15) is 13.8 Å². The molecule has 0 aliphatic rings. The van der Waals surface area contributed by atoms with Gasteiger partial charge in [-0.1, -0.05) is 26.3 Å². The van der Waals surface area contributed by atoms with E-state index in [2.05, 4.69) is 35.8 Å². The molecule has 0 aromatic carbocycles. The van der Waals surface area contributed by atoms with Crippen LogP contribution in [0.15, 0.2) is 50.1 Å². The van der Waals surface area contributed by atoms with Crippen LogP contribution < -0.4 is 11.3 Å². The van der Waals surface area contributed by atoms with Crippen molar-refractivity contribution in [2.75, 3.05) is 13.7 Å². The highest BCUT2D eigenvalue weighted by molar-refractivity contribution is 5.84. The Labute approximate surface area is 147 Å². The van der Waals surface area contributed by atoms with Crippen molar-refractivity contribution in [3.63, 3.8) is 0 Å². The Morgan fingerprint density at radius 1 is 1.04 bits per heavy atom. The van der Waals surface area contributed by atoms with E-state index in [-0.39, 0.29) is 17.7 Å². The zero-order chi connectivity index (χ0) is 20.1. The largest absolute Gasteiger partial charge is 0.545 e. The molecular weight excluding hydrogens is 334 g/mol. The van der Waals surface area contributed by atoms with Gasteiger partial charge in [-0.25, -0.2) is 14.4 Å². The van der Waals surface area contributed by atoms with Gasteiger partial charge in [-0.3, -0.25) is 0 Å². The Hall–Kier alpha value is -3.20. The molecule has 0 heterocycles. The molecule has 0 aliphatic heterocycles. The van der Waals surface area contributed by atoms with E-state index in [1.807, 2.05) is 0 Å². The Morgan fingerprint density at radius 2 is 1.36 bits per heavy atom. The summed E-state index contributed by atoms with van der Waals surface area (Å²) in [6, 6.07) is 0. The monoisotopic (exact) mass is 361 g/mol. The molecule has 0 saturated heterocycles. The van der Waals surface area contributed by atoms with Crippen molar-refractivity contribution >= 4 is 23.9 Å². The second kappa shape index (κ2) is 25.7. The molecule has 0 aliphatic carbocycles. The minimum absolute atomic E-state index is 0. The fourth-order valence-electron chi connectivity index (χ4n) is 0.285. The molecule has 0 spiro atoms. The van der Waals surface area contributed by atoms with E-state index in [1.165, 1.54) is 14.0 Å². The number of carboxylic acids is 2. The van der Waals surface area contributed by atoms with Crippen molar-refractivity contribution in [3.05, 3.63) is 50.1 Å². The lowest BCUT2D eigenvalue weighted by Crippen LogP contribution is -2.17. The summed E-state index contributed by atoms with van der Waals surface area (Å²) in [5, 5.41) is 17.0. The Bertz CT molecular complexity index is 440. The number of ether oxygens (including phenoxy) is 2. The third-order valence-corrected chi connectivity index (χ3v) is 1.35. The van der Waals surface area contributed by atoms with E-state index >= 15 is 0 Å². The molecule has 0 aromatic rings. The van der Waals surface area contributed by atoms with Gasteiger partial charge in [-0.15, -0.1) is 0 Å². The first-order chi connectivity index (χ1) is 11.0. The van der Waals surface area contributed by atoms with Crippen LogP contribution in [0, 0.1) is 0 Å². The fraction of sp³-hybridized carbons (Fsp3) is 0.250. The van der Waals surface area contributed by atoms with Gasteiger partial charge in [0.1, 0.15) is 0 Å². The zero-order valence-corrected chi connectivity index (χ0v) is 15.1. The first-order valence-corrected chi connectivity index (χ1v) is 6.25. The second-order valence-corrected chi connectivity index (χ2v) is 3.29. The summed E-state index contributed by atoms with van der Waals surface area (Å²) in [4.78, 5) is 38.7.